The van der Waals surface area contributed by atoms with E-state index in [4.69, 9.17) is 14.6 Å². The van der Waals surface area contributed by atoms with Gasteiger partial charge in [-0.05, 0) is 26.0 Å². The molecule has 174 valence electrons. The highest BCUT2D eigenvalue weighted by Gasteiger charge is 2.32. The second-order valence-electron chi connectivity index (χ2n) is 7.76. The van der Waals surface area contributed by atoms with E-state index in [2.05, 4.69) is 23.7 Å². The number of sulfonamides is 1. The van der Waals surface area contributed by atoms with Crippen LogP contribution >= 0.6 is 0 Å². The summed E-state index contributed by atoms with van der Waals surface area (Å²) in [6, 6.07) is 1.94. The van der Waals surface area contributed by atoms with Gasteiger partial charge in [0.05, 0.1) is 43.3 Å². The number of ether oxygens (including phenoxy) is 2. The van der Waals surface area contributed by atoms with Crippen LogP contribution in [0.1, 0.15) is 39.2 Å². The van der Waals surface area contributed by atoms with Crippen molar-refractivity contribution in [3.8, 4) is 5.88 Å². The highest BCUT2D eigenvalue weighted by Crippen LogP contribution is 2.29. The first kappa shape index (κ1) is 23.9. The lowest BCUT2D eigenvalue weighted by atomic mass is 10.0. The van der Waals surface area contributed by atoms with Crippen molar-refractivity contribution in [2.24, 2.45) is 5.10 Å². The van der Waals surface area contributed by atoms with Gasteiger partial charge >= 0.3 is 0 Å². The van der Waals surface area contributed by atoms with Gasteiger partial charge in [-0.25, -0.2) is 13.4 Å². The molecule has 1 fully saturated rings. The van der Waals surface area contributed by atoms with Crippen molar-refractivity contribution in [2.75, 3.05) is 59.6 Å². The number of methoxy groups -OCH3 is 1. The summed E-state index contributed by atoms with van der Waals surface area (Å²) in [5.41, 5.74) is 1.47. The summed E-state index contributed by atoms with van der Waals surface area (Å²) in [4.78, 5) is 6.83. The molecule has 0 bridgehead atoms. The third-order valence-electron chi connectivity index (χ3n) is 5.93. The standard InChI is InChI=1S/C21H35N5O4S/c1-5-17-14-20(23-26(17)12-13-29-4)19-15-18(16-22-21(19)30-7-3)31(27,28)25-10-8-24(6-2)9-11-25/h15-17H,5-14H2,1-4H3. The third-order valence-corrected chi connectivity index (χ3v) is 7.79. The average molecular weight is 454 g/mol. The van der Waals surface area contributed by atoms with Crippen molar-refractivity contribution < 1.29 is 17.9 Å². The first-order chi connectivity index (χ1) is 14.9. The Labute approximate surface area is 186 Å². The molecule has 10 heteroatoms. The Balaban J connectivity index is 1.91. The second-order valence-corrected chi connectivity index (χ2v) is 9.70. The lowest BCUT2D eigenvalue weighted by molar-refractivity contribution is 0.131. The van der Waals surface area contributed by atoms with Crippen LogP contribution in [-0.4, -0.2) is 99.0 Å². The molecule has 0 amide bonds. The van der Waals surface area contributed by atoms with E-state index in [0.717, 1.165) is 38.2 Å². The number of hydrogen-bond acceptors (Lipinski definition) is 8. The van der Waals surface area contributed by atoms with Gasteiger partial charge in [-0.1, -0.05) is 13.8 Å². The van der Waals surface area contributed by atoms with Crippen molar-refractivity contribution in [1.29, 1.82) is 0 Å². The largest absolute Gasteiger partial charge is 0.477 e. The Bertz CT molecular complexity index is 869. The molecular weight excluding hydrogens is 418 g/mol. The van der Waals surface area contributed by atoms with Gasteiger partial charge in [-0.2, -0.15) is 9.41 Å². The first-order valence-electron chi connectivity index (χ1n) is 11.1. The maximum atomic E-state index is 13.3. The van der Waals surface area contributed by atoms with E-state index in [-0.39, 0.29) is 10.9 Å². The quantitative estimate of drug-likeness (QED) is 0.532. The van der Waals surface area contributed by atoms with E-state index < -0.39 is 10.0 Å². The molecule has 2 aliphatic heterocycles. The Morgan fingerprint density at radius 3 is 2.52 bits per heavy atom. The number of aromatic nitrogens is 1. The molecule has 9 nitrogen and oxygen atoms in total. The van der Waals surface area contributed by atoms with Crippen LogP contribution in [-0.2, 0) is 14.8 Å². The normalized spacial score (nSPS) is 20.8. The summed E-state index contributed by atoms with van der Waals surface area (Å²) in [6.07, 6.45) is 3.07. The minimum Gasteiger partial charge on any atom is -0.477 e. The summed E-state index contributed by atoms with van der Waals surface area (Å²) >= 11 is 0. The van der Waals surface area contributed by atoms with Crippen molar-refractivity contribution in [2.45, 2.75) is 44.6 Å². The first-order valence-corrected chi connectivity index (χ1v) is 12.6. The van der Waals surface area contributed by atoms with Gasteiger partial charge in [0.2, 0.25) is 15.9 Å². The van der Waals surface area contributed by atoms with Crippen LogP contribution < -0.4 is 4.74 Å². The van der Waals surface area contributed by atoms with E-state index in [1.54, 1.807) is 17.5 Å². The Hall–Kier alpha value is -1.75. The fourth-order valence-corrected chi connectivity index (χ4v) is 5.41. The van der Waals surface area contributed by atoms with Crippen LogP contribution in [0.15, 0.2) is 22.3 Å². The number of rotatable bonds is 10. The molecule has 3 heterocycles. The predicted octanol–water partition coefficient (Wildman–Crippen LogP) is 1.64. The number of nitrogens with zero attached hydrogens (tertiary/aromatic N) is 5. The fraction of sp³-hybridized carbons (Fsp3) is 0.714. The van der Waals surface area contributed by atoms with Crippen LogP contribution in [0.5, 0.6) is 5.88 Å². The topological polar surface area (TPSA) is 87.6 Å². The molecule has 0 saturated carbocycles. The van der Waals surface area contributed by atoms with Gasteiger partial charge in [0.25, 0.3) is 0 Å². The van der Waals surface area contributed by atoms with Crippen molar-refractivity contribution in [1.82, 2.24) is 19.2 Å². The number of hydrogen-bond donors (Lipinski definition) is 0. The van der Waals surface area contributed by atoms with Crippen molar-refractivity contribution in [3.05, 3.63) is 17.8 Å². The van der Waals surface area contributed by atoms with Crippen molar-refractivity contribution in [3.63, 3.8) is 0 Å². The number of piperazine rings is 1. The molecule has 0 aliphatic carbocycles. The molecule has 1 aromatic rings. The zero-order valence-electron chi connectivity index (χ0n) is 19.1. The highest BCUT2D eigenvalue weighted by atomic mass is 32.2. The van der Waals surface area contributed by atoms with Crippen molar-refractivity contribution >= 4 is 15.7 Å². The molecule has 0 N–H and O–H groups in total. The Kier molecular flexibility index (Phi) is 8.26. The number of likely N-dealkylation sites (N-methyl/N-ethyl adjacent to an activating group) is 1. The van der Waals surface area contributed by atoms with Gasteiger partial charge in [0.1, 0.15) is 4.90 Å². The number of hydrazone groups is 1. The molecule has 1 saturated heterocycles. The molecule has 1 unspecified atom stereocenters. The molecule has 1 aromatic heterocycles. The summed E-state index contributed by atoms with van der Waals surface area (Å²) in [5.74, 6) is 0.430. The predicted molar refractivity (Wildman–Crippen MR) is 120 cm³/mol. The van der Waals surface area contributed by atoms with Crippen LogP contribution in [0.25, 0.3) is 0 Å². The second kappa shape index (κ2) is 10.7. The van der Waals surface area contributed by atoms with E-state index in [0.29, 0.717) is 44.3 Å². The fourth-order valence-electron chi connectivity index (χ4n) is 4.01. The van der Waals surface area contributed by atoms with Gasteiger partial charge < -0.3 is 14.4 Å². The molecule has 0 spiro atoms. The summed E-state index contributed by atoms with van der Waals surface area (Å²) in [5, 5.41) is 6.81. The van der Waals surface area contributed by atoms with Crippen LogP contribution in [0.4, 0.5) is 0 Å². The Morgan fingerprint density at radius 2 is 1.90 bits per heavy atom. The van der Waals surface area contributed by atoms with Crippen LogP contribution in [0.2, 0.25) is 0 Å². The monoisotopic (exact) mass is 453 g/mol. The summed E-state index contributed by atoms with van der Waals surface area (Å²) in [7, 11) is -1.95. The van der Waals surface area contributed by atoms with Gasteiger partial charge in [0, 0.05) is 39.7 Å². The van der Waals surface area contributed by atoms with Crippen LogP contribution in [0.3, 0.4) is 0 Å². The SMILES string of the molecule is CCOc1ncc(S(=O)(=O)N2CCN(CC)CC2)cc1C1=NN(CCOC)C(CC)C1. The van der Waals surface area contributed by atoms with E-state index in [1.165, 1.54) is 6.20 Å². The lowest BCUT2D eigenvalue weighted by Crippen LogP contribution is -2.48. The minimum absolute atomic E-state index is 0.196. The van der Waals surface area contributed by atoms with E-state index in [9.17, 15) is 8.42 Å². The molecule has 2 aliphatic rings. The van der Waals surface area contributed by atoms with Gasteiger partial charge in [-0.3, -0.25) is 5.01 Å². The molecule has 0 aromatic carbocycles. The van der Waals surface area contributed by atoms with Crippen LogP contribution in [0, 0.1) is 0 Å². The van der Waals surface area contributed by atoms with Gasteiger partial charge in [0.15, 0.2) is 0 Å². The third kappa shape index (κ3) is 5.36. The lowest BCUT2D eigenvalue weighted by Gasteiger charge is -2.33. The summed E-state index contributed by atoms with van der Waals surface area (Å²) < 4.78 is 39.1. The summed E-state index contributed by atoms with van der Waals surface area (Å²) in [6.45, 7) is 11.2. The highest BCUT2D eigenvalue weighted by molar-refractivity contribution is 7.89. The molecule has 3 rings (SSSR count). The minimum atomic E-state index is -3.62. The molecule has 1 atom stereocenters. The zero-order valence-corrected chi connectivity index (χ0v) is 19.9. The smallest absolute Gasteiger partial charge is 0.244 e. The number of pyridine rings is 1. The van der Waals surface area contributed by atoms with E-state index >= 15 is 0 Å². The van der Waals surface area contributed by atoms with Gasteiger partial charge in [-0.15, -0.1) is 0 Å². The maximum Gasteiger partial charge on any atom is 0.244 e. The Morgan fingerprint density at radius 1 is 1.16 bits per heavy atom. The maximum absolute atomic E-state index is 13.3. The zero-order chi connectivity index (χ0) is 22.4. The van der Waals surface area contributed by atoms with E-state index in [1.807, 2.05) is 11.9 Å². The molecule has 31 heavy (non-hydrogen) atoms. The molecule has 0 radical (unpaired) electrons. The molecular formula is C21H35N5O4S. The average Bonchev–Trinajstić information content (AvgIpc) is 3.21.